The van der Waals surface area contributed by atoms with Gasteiger partial charge >= 0.3 is 6.09 Å². The van der Waals surface area contributed by atoms with Gasteiger partial charge in [0.15, 0.2) is 0 Å². The van der Waals surface area contributed by atoms with Crippen LogP contribution in [0.5, 0.6) is 0 Å². The second-order valence-corrected chi connectivity index (χ2v) is 5.04. The summed E-state index contributed by atoms with van der Waals surface area (Å²) in [5, 5.41) is 3.15. The van der Waals surface area contributed by atoms with Crippen molar-refractivity contribution in [2.24, 2.45) is 0 Å². The summed E-state index contributed by atoms with van der Waals surface area (Å²) in [6.07, 6.45) is -0.476. The van der Waals surface area contributed by atoms with Gasteiger partial charge in [-0.2, -0.15) is 0 Å². The van der Waals surface area contributed by atoms with E-state index in [-0.39, 0.29) is 6.54 Å². The number of rotatable bonds is 1. The van der Waals surface area contributed by atoms with Gasteiger partial charge in [0, 0.05) is 5.56 Å². The molecule has 0 heterocycles. The second-order valence-electron chi connectivity index (χ2n) is 4.64. The van der Waals surface area contributed by atoms with E-state index in [4.69, 9.17) is 16.3 Å². The number of ether oxygens (including phenoxy) is 1. The molecule has 18 heavy (non-hydrogen) atoms. The SMILES string of the molecule is CC(C)(C)OC(=O)NCC#Cc1ccccc1Cl. The first-order valence-electron chi connectivity index (χ1n) is 5.59. The van der Waals surface area contributed by atoms with Gasteiger partial charge in [-0.3, -0.25) is 0 Å². The summed E-state index contributed by atoms with van der Waals surface area (Å²) >= 11 is 5.94. The number of hydrogen-bond acceptors (Lipinski definition) is 2. The summed E-state index contributed by atoms with van der Waals surface area (Å²) in [5.41, 5.74) is 0.241. The van der Waals surface area contributed by atoms with Gasteiger partial charge in [-0.05, 0) is 32.9 Å². The fourth-order valence-corrected chi connectivity index (χ4v) is 1.32. The third-order valence-electron chi connectivity index (χ3n) is 1.82. The highest BCUT2D eigenvalue weighted by atomic mass is 35.5. The van der Waals surface area contributed by atoms with Crippen LogP contribution in [0.2, 0.25) is 5.02 Å². The number of hydrogen-bond donors (Lipinski definition) is 1. The summed E-state index contributed by atoms with van der Waals surface area (Å²) in [6, 6.07) is 7.29. The molecule has 0 aliphatic heterocycles. The Morgan fingerprint density at radius 3 is 2.67 bits per heavy atom. The molecule has 3 nitrogen and oxygen atoms in total. The topological polar surface area (TPSA) is 38.3 Å². The lowest BCUT2D eigenvalue weighted by molar-refractivity contribution is 0.0535. The predicted octanol–water partition coefficient (Wildman–Crippen LogP) is 3.22. The fourth-order valence-electron chi connectivity index (χ4n) is 1.13. The Balaban J connectivity index is 2.44. The van der Waals surface area contributed by atoms with Crippen LogP contribution in [-0.4, -0.2) is 18.2 Å². The molecular formula is C14H16ClNO2. The Bertz CT molecular complexity index is 481. The number of nitrogens with one attached hydrogen (secondary N) is 1. The maximum Gasteiger partial charge on any atom is 0.408 e. The molecule has 0 atom stereocenters. The van der Waals surface area contributed by atoms with E-state index in [9.17, 15) is 4.79 Å². The molecule has 0 aliphatic rings. The lowest BCUT2D eigenvalue weighted by Crippen LogP contribution is -2.32. The average Bonchev–Trinajstić information content (AvgIpc) is 2.24. The van der Waals surface area contributed by atoms with Crippen LogP contribution < -0.4 is 5.32 Å². The van der Waals surface area contributed by atoms with Crippen LogP contribution in [0.15, 0.2) is 24.3 Å². The monoisotopic (exact) mass is 265 g/mol. The second kappa shape index (κ2) is 6.32. The molecule has 0 unspecified atom stereocenters. The number of amides is 1. The number of alkyl carbamates (subject to hydrolysis) is 1. The molecule has 1 aromatic rings. The van der Waals surface area contributed by atoms with Gasteiger partial charge < -0.3 is 10.1 Å². The minimum Gasteiger partial charge on any atom is -0.444 e. The highest BCUT2D eigenvalue weighted by molar-refractivity contribution is 6.31. The molecular weight excluding hydrogens is 250 g/mol. The van der Waals surface area contributed by atoms with Crippen molar-refractivity contribution in [2.75, 3.05) is 6.54 Å². The Hall–Kier alpha value is -1.66. The lowest BCUT2D eigenvalue weighted by Gasteiger charge is -2.18. The zero-order valence-electron chi connectivity index (χ0n) is 10.7. The smallest absolute Gasteiger partial charge is 0.408 e. The van der Waals surface area contributed by atoms with E-state index in [2.05, 4.69) is 17.2 Å². The van der Waals surface area contributed by atoms with Crippen molar-refractivity contribution in [3.63, 3.8) is 0 Å². The molecule has 1 N–H and O–H groups in total. The van der Waals surface area contributed by atoms with Crippen LogP contribution >= 0.6 is 11.6 Å². The molecule has 0 saturated carbocycles. The van der Waals surface area contributed by atoms with Crippen LogP contribution in [0.3, 0.4) is 0 Å². The van der Waals surface area contributed by atoms with Gasteiger partial charge in [0.1, 0.15) is 5.60 Å². The molecule has 0 radical (unpaired) electrons. The summed E-state index contributed by atoms with van der Waals surface area (Å²) in [5.74, 6) is 5.69. The van der Waals surface area contributed by atoms with Crippen LogP contribution in [0.4, 0.5) is 4.79 Å². The summed E-state index contributed by atoms with van der Waals surface area (Å²) in [4.78, 5) is 11.3. The molecule has 1 aromatic carbocycles. The van der Waals surface area contributed by atoms with Crippen molar-refractivity contribution in [3.8, 4) is 11.8 Å². The Kier molecular flexibility index (Phi) is 5.06. The third kappa shape index (κ3) is 5.60. The van der Waals surface area contributed by atoms with Gasteiger partial charge in [0.05, 0.1) is 11.6 Å². The zero-order valence-corrected chi connectivity index (χ0v) is 11.5. The summed E-state index contributed by atoms with van der Waals surface area (Å²) < 4.78 is 5.07. The minimum atomic E-state index is -0.500. The van der Waals surface area contributed by atoms with Gasteiger partial charge in [0.2, 0.25) is 0 Å². The molecule has 0 bridgehead atoms. The fraction of sp³-hybridized carbons (Fsp3) is 0.357. The van der Waals surface area contributed by atoms with Crippen molar-refractivity contribution >= 4 is 17.7 Å². The summed E-state index contributed by atoms with van der Waals surface area (Å²) in [7, 11) is 0. The highest BCUT2D eigenvalue weighted by Gasteiger charge is 2.14. The van der Waals surface area contributed by atoms with Crippen LogP contribution in [0, 0.1) is 11.8 Å². The first-order chi connectivity index (χ1) is 8.38. The maximum absolute atomic E-state index is 11.3. The van der Waals surface area contributed by atoms with E-state index in [1.807, 2.05) is 39.0 Å². The van der Waals surface area contributed by atoms with Gasteiger partial charge in [0.25, 0.3) is 0 Å². The van der Waals surface area contributed by atoms with Crippen molar-refractivity contribution in [1.82, 2.24) is 5.32 Å². The van der Waals surface area contributed by atoms with Crippen molar-refractivity contribution in [2.45, 2.75) is 26.4 Å². The van der Waals surface area contributed by atoms with Crippen LogP contribution in [0.1, 0.15) is 26.3 Å². The molecule has 0 saturated heterocycles. The van der Waals surface area contributed by atoms with E-state index < -0.39 is 11.7 Å². The van der Waals surface area contributed by atoms with Gasteiger partial charge in [-0.15, -0.1) is 0 Å². The zero-order chi connectivity index (χ0) is 13.6. The number of halogens is 1. The number of carbonyl (C=O) groups excluding carboxylic acids is 1. The number of benzene rings is 1. The van der Waals surface area contributed by atoms with Crippen molar-refractivity contribution < 1.29 is 9.53 Å². The first kappa shape index (κ1) is 14.4. The maximum atomic E-state index is 11.3. The predicted molar refractivity (Wildman–Crippen MR) is 72.6 cm³/mol. The molecule has 96 valence electrons. The van der Waals surface area contributed by atoms with Gasteiger partial charge in [-0.25, -0.2) is 4.79 Å². The van der Waals surface area contributed by atoms with E-state index in [1.54, 1.807) is 6.07 Å². The van der Waals surface area contributed by atoms with Crippen molar-refractivity contribution in [3.05, 3.63) is 34.9 Å². The van der Waals surface area contributed by atoms with Gasteiger partial charge in [-0.1, -0.05) is 35.6 Å². The van der Waals surface area contributed by atoms with Crippen LogP contribution in [-0.2, 0) is 4.74 Å². The standard InChI is InChI=1S/C14H16ClNO2/c1-14(2,3)18-13(17)16-10-6-8-11-7-4-5-9-12(11)15/h4-5,7,9H,10H2,1-3H3,(H,16,17). The molecule has 0 aromatic heterocycles. The minimum absolute atomic E-state index is 0.222. The molecule has 0 aliphatic carbocycles. The highest BCUT2D eigenvalue weighted by Crippen LogP contribution is 2.12. The Labute approximate surface area is 112 Å². The van der Waals surface area contributed by atoms with E-state index >= 15 is 0 Å². The quantitative estimate of drug-likeness (QED) is 0.792. The first-order valence-corrected chi connectivity index (χ1v) is 5.96. The molecule has 1 amide bonds. The molecule has 0 spiro atoms. The van der Waals surface area contributed by atoms with E-state index in [0.29, 0.717) is 5.02 Å². The third-order valence-corrected chi connectivity index (χ3v) is 2.15. The lowest BCUT2D eigenvalue weighted by atomic mass is 10.2. The molecule has 4 heteroatoms. The summed E-state index contributed by atoms with van der Waals surface area (Å²) in [6.45, 7) is 5.64. The largest absolute Gasteiger partial charge is 0.444 e. The molecule has 1 rings (SSSR count). The molecule has 0 fully saturated rings. The van der Waals surface area contributed by atoms with Crippen LogP contribution in [0.25, 0.3) is 0 Å². The average molecular weight is 266 g/mol. The van der Waals surface area contributed by atoms with Crippen molar-refractivity contribution in [1.29, 1.82) is 0 Å². The Morgan fingerprint density at radius 2 is 2.06 bits per heavy atom. The van der Waals surface area contributed by atoms with E-state index in [0.717, 1.165) is 5.56 Å². The van der Waals surface area contributed by atoms with E-state index in [1.165, 1.54) is 0 Å². The Morgan fingerprint density at radius 1 is 1.39 bits per heavy atom. The number of carbonyl (C=O) groups is 1. The normalized spacial score (nSPS) is 10.2.